The molecule has 0 bridgehead atoms. The van der Waals surface area contributed by atoms with Crippen molar-refractivity contribution in [2.24, 2.45) is 0 Å². The Bertz CT molecular complexity index is 386. The Hall–Kier alpha value is -1.42. The monoisotopic (exact) mass is 275 g/mol. The summed E-state index contributed by atoms with van der Waals surface area (Å²) < 4.78 is 0. The van der Waals surface area contributed by atoms with E-state index < -0.39 is 0 Å². The van der Waals surface area contributed by atoms with E-state index in [-0.39, 0.29) is 5.91 Å². The van der Waals surface area contributed by atoms with Gasteiger partial charge >= 0.3 is 0 Å². The summed E-state index contributed by atoms with van der Waals surface area (Å²) in [5.74, 6) is 0.128. The molecule has 1 heterocycles. The van der Waals surface area contributed by atoms with Crippen LogP contribution in [0.25, 0.3) is 0 Å². The fraction of sp³-hybridized carbons (Fsp3) is 0.625. The minimum atomic E-state index is 0.128. The number of nitrogens with one attached hydrogen (secondary N) is 2. The van der Waals surface area contributed by atoms with E-state index in [0.717, 1.165) is 25.8 Å². The highest BCUT2D eigenvalue weighted by atomic mass is 16.1. The minimum Gasteiger partial charge on any atom is -0.352 e. The fourth-order valence-corrected chi connectivity index (χ4v) is 2.68. The first kappa shape index (κ1) is 15.0. The van der Waals surface area contributed by atoms with Crippen molar-refractivity contribution in [3.63, 3.8) is 0 Å². The van der Waals surface area contributed by atoms with Crippen LogP contribution in [0.1, 0.15) is 44.1 Å². The third-order valence-electron chi connectivity index (χ3n) is 3.82. The lowest BCUT2D eigenvalue weighted by Gasteiger charge is -2.16. The summed E-state index contributed by atoms with van der Waals surface area (Å²) in [5, 5.41) is 6.34. The number of hydrogen-bond donors (Lipinski definition) is 2. The summed E-state index contributed by atoms with van der Waals surface area (Å²) in [6.07, 6.45) is 12.0. The SMILES string of the molecule is O=C(CNCCc1cccnc1)NC1CCCCCC1. The Morgan fingerprint density at radius 3 is 2.75 bits per heavy atom. The summed E-state index contributed by atoms with van der Waals surface area (Å²) in [4.78, 5) is 15.9. The zero-order valence-corrected chi connectivity index (χ0v) is 12.1. The molecule has 4 heteroatoms. The Balaban J connectivity index is 1.58. The molecule has 20 heavy (non-hydrogen) atoms. The number of amides is 1. The van der Waals surface area contributed by atoms with Crippen LogP contribution in [0.3, 0.4) is 0 Å². The predicted octanol–water partition coefficient (Wildman–Crippen LogP) is 2.05. The quantitative estimate of drug-likeness (QED) is 0.617. The van der Waals surface area contributed by atoms with E-state index in [1.165, 1.54) is 31.2 Å². The molecular formula is C16H25N3O. The van der Waals surface area contributed by atoms with Gasteiger partial charge in [-0.1, -0.05) is 31.7 Å². The first-order chi connectivity index (χ1) is 9.84. The van der Waals surface area contributed by atoms with Gasteiger partial charge in [0.15, 0.2) is 0 Å². The minimum absolute atomic E-state index is 0.128. The third kappa shape index (κ3) is 5.70. The maximum atomic E-state index is 11.8. The highest BCUT2D eigenvalue weighted by molar-refractivity contribution is 5.78. The Morgan fingerprint density at radius 1 is 1.25 bits per heavy atom. The highest BCUT2D eigenvalue weighted by Gasteiger charge is 2.14. The van der Waals surface area contributed by atoms with Crippen LogP contribution in [0.2, 0.25) is 0 Å². The first-order valence-electron chi connectivity index (χ1n) is 7.73. The van der Waals surface area contributed by atoms with Gasteiger partial charge in [0.2, 0.25) is 5.91 Å². The standard InChI is InChI=1S/C16H25N3O/c20-16(19-15-7-3-1-2-4-8-15)13-18-11-9-14-6-5-10-17-12-14/h5-6,10,12,15,18H,1-4,7-9,11,13H2,(H,19,20). The molecule has 1 fully saturated rings. The molecule has 2 N–H and O–H groups in total. The molecule has 1 aromatic rings. The van der Waals surface area contributed by atoms with Crippen LogP contribution >= 0.6 is 0 Å². The lowest BCUT2D eigenvalue weighted by molar-refractivity contribution is -0.121. The predicted molar refractivity (Wildman–Crippen MR) is 80.4 cm³/mol. The molecule has 0 atom stereocenters. The van der Waals surface area contributed by atoms with Crippen LogP contribution in [0.5, 0.6) is 0 Å². The molecule has 0 saturated heterocycles. The van der Waals surface area contributed by atoms with Gasteiger partial charge in [0.1, 0.15) is 0 Å². The smallest absolute Gasteiger partial charge is 0.234 e. The van der Waals surface area contributed by atoms with Crippen molar-refractivity contribution in [1.29, 1.82) is 0 Å². The molecule has 0 spiro atoms. The van der Waals surface area contributed by atoms with Gasteiger partial charge < -0.3 is 10.6 Å². The molecule has 1 aliphatic carbocycles. The molecule has 1 saturated carbocycles. The molecule has 1 aromatic heterocycles. The van der Waals surface area contributed by atoms with Crippen LogP contribution in [0, 0.1) is 0 Å². The molecule has 4 nitrogen and oxygen atoms in total. The number of carbonyl (C=O) groups is 1. The summed E-state index contributed by atoms with van der Waals surface area (Å²) in [6, 6.07) is 4.39. The van der Waals surface area contributed by atoms with Gasteiger partial charge in [0.25, 0.3) is 0 Å². The van der Waals surface area contributed by atoms with Crippen LogP contribution < -0.4 is 10.6 Å². The van der Waals surface area contributed by atoms with Crippen molar-refractivity contribution < 1.29 is 4.79 Å². The lowest BCUT2D eigenvalue weighted by atomic mass is 10.1. The number of pyridine rings is 1. The summed E-state index contributed by atoms with van der Waals surface area (Å²) in [6.45, 7) is 1.22. The molecule has 1 amide bonds. The highest BCUT2D eigenvalue weighted by Crippen LogP contribution is 2.16. The van der Waals surface area contributed by atoms with Gasteiger partial charge in [-0.25, -0.2) is 0 Å². The molecule has 0 radical (unpaired) electrons. The van der Waals surface area contributed by atoms with Crippen molar-refractivity contribution in [3.05, 3.63) is 30.1 Å². The average Bonchev–Trinajstić information content (AvgIpc) is 2.73. The summed E-state index contributed by atoms with van der Waals surface area (Å²) in [7, 11) is 0. The van der Waals surface area contributed by atoms with Gasteiger partial charge in [-0.2, -0.15) is 0 Å². The summed E-state index contributed by atoms with van der Waals surface area (Å²) in [5.41, 5.74) is 1.20. The van der Waals surface area contributed by atoms with Gasteiger partial charge in [0, 0.05) is 18.4 Å². The molecular weight excluding hydrogens is 250 g/mol. The maximum absolute atomic E-state index is 11.8. The number of nitrogens with zero attached hydrogens (tertiary/aromatic N) is 1. The Labute approximate surface area is 121 Å². The fourth-order valence-electron chi connectivity index (χ4n) is 2.68. The van der Waals surface area contributed by atoms with Crippen molar-refractivity contribution in [3.8, 4) is 0 Å². The second-order valence-corrected chi connectivity index (χ2v) is 5.54. The normalized spacial score (nSPS) is 16.6. The topological polar surface area (TPSA) is 54.0 Å². The second kappa shape index (κ2) is 8.69. The lowest BCUT2D eigenvalue weighted by Crippen LogP contribution is -2.40. The molecule has 2 rings (SSSR count). The molecule has 0 aliphatic heterocycles. The van der Waals surface area contributed by atoms with Crippen LogP contribution in [-0.4, -0.2) is 30.0 Å². The molecule has 110 valence electrons. The zero-order valence-electron chi connectivity index (χ0n) is 12.1. The van der Waals surface area contributed by atoms with Gasteiger partial charge in [-0.15, -0.1) is 0 Å². The number of aromatic nitrogens is 1. The van der Waals surface area contributed by atoms with Gasteiger partial charge in [-0.3, -0.25) is 9.78 Å². The van der Waals surface area contributed by atoms with E-state index in [2.05, 4.69) is 21.7 Å². The maximum Gasteiger partial charge on any atom is 0.234 e. The average molecular weight is 275 g/mol. The van der Waals surface area contributed by atoms with E-state index in [9.17, 15) is 4.79 Å². The van der Waals surface area contributed by atoms with E-state index in [0.29, 0.717) is 12.6 Å². The van der Waals surface area contributed by atoms with Crippen LogP contribution in [0.15, 0.2) is 24.5 Å². The van der Waals surface area contributed by atoms with Crippen LogP contribution in [-0.2, 0) is 11.2 Å². The van der Waals surface area contributed by atoms with Gasteiger partial charge in [0.05, 0.1) is 6.54 Å². The van der Waals surface area contributed by atoms with Crippen molar-refractivity contribution >= 4 is 5.91 Å². The van der Waals surface area contributed by atoms with E-state index in [4.69, 9.17) is 0 Å². The van der Waals surface area contributed by atoms with Crippen molar-refractivity contribution in [1.82, 2.24) is 15.6 Å². The van der Waals surface area contributed by atoms with Gasteiger partial charge in [-0.05, 0) is 37.4 Å². The summed E-state index contributed by atoms with van der Waals surface area (Å²) >= 11 is 0. The van der Waals surface area contributed by atoms with Crippen molar-refractivity contribution in [2.45, 2.75) is 51.0 Å². The van der Waals surface area contributed by atoms with E-state index >= 15 is 0 Å². The second-order valence-electron chi connectivity index (χ2n) is 5.54. The first-order valence-corrected chi connectivity index (χ1v) is 7.73. The largest absolute Gasteiger partial charge is 0.352 e. The molecule has 1 aliphatic rings. The zero-order chi connectivity index (χ0) is 14.0. The van der Waals surface area contributed by atoms with Crippen molar-refractivity contribution in [2.75, 3.05) is 13.1 Å². The molecule has 0 aromatic carbocycles. The van der Waals surface area contributed by atoms with E-state index in [1.807, 2.05) is 12.3 Å². The third-order valence-corrected chi connectivity index (χ3v) is 3.82. The number of carbonyl (C=O) groups excluding carboxylic acids is 1. The number of rotatable bonds is 6. The Kier molecular flexibility index (Phi) is 6.51. The molecule has 0 unspecified atom stereocenters. The van der Waals surface area contributed by atoms with E-state index in [1.54, 1.807) is 6.20 Å². The number of hydrogen-bond acceptors (Lipinski definition) is 3. The van der Waals surface area contributed by atoms with Crippen LogP contribution in [0.4, 0.5) is 0 Å². The Morgan fingerprint density at radius 2 is 2.05 bits per heavy atom.